The van der Waals surface area contributed by atoms with Crippen molar-refractivity contribution in [1.29, 1.82) is 0 Å². The molecule has 18 heavy (non-hydrogen) atoms. The van der Waals surface area contributed by atoms with E-state index < -0.39 is 0 Å². The molecule has 5 heteroatoms. The van der Waals surface area contributed by atoms with Crippen molar-refractivity contribution in [3.63, 3.8) is 0 Å². The summed E-state index contributed by atoms with van der Waals surface area (Å²) in [4.78, 5) is 11.9. The van der Waals surface area contributed by atoms with Gasteiger partial charge in [0, 0.05) is 22.2 Å². The summed E-state index contributed by atoms with van der Waals surface area (Å²) in [7, 11) is 0. The zero-order valence-electron chi connectivity index (χ0n) is 9.83. The molecule has 0 radical (unpaired) electrons. The van der Waals surface area contributed by atoms with Crippen LogP contribution in [0.3, 0.4) is 0 Å². The quantitative estimate of drug-likeness (QED) is 0.898. The van der Waals surface area contributed by atoms with Gasteiger partial charge in [-0.2, -0.15) is 0 Å². The van der Waals surface area contributed by atoms with Gasteiger partial charge < -0.3 is 10.4 Å². The number of halogens is 2. The molecule has 1 amide bonds. The third-order valence-corrected chi connectivity index (χ3v) is 3.63. The Labute approximate surface area is 116 Å². The Morgan fingerprint density at radius 2 is 1.94 bits per heavy atom. The predicted molar refractivity (Wildman–Crippen MR) is 72.1 cm³/mol. The number of carbonyl (C=O) groups excluding carboxylic acids is 1. The standard InChI is InChI=1S/C13H15Cl2NO2/c14-10-4-9(5-11(15)6-10)13(18)16-7-8-1-2-12(17)3-8/h4-6,8,12,17H,1-3,7H2,(H,16,18). The van der Waals surface area contributed by atoms with Gasteiger partial charge in [-0.3, -0.25) is 4.79 Å². The summed E-state index contributed by atoms with van der Waals surface area (Å²) < 4.78 is 0. The molecule has 1 fully saturated rings. The van der Waals surface area contributed by atoms with E-state index in [1.54, 1.807) is 18.2 Å². The summed E-state index contributed by atoms with van der Waals surface area (Å²) in [6, 6.07) is 4.77. The molecule has 1 aliphatic carbocycles. The molecule has 1 aromatic rings. The van der Waals surface area contributed by atoms with E-state index in [0.29, 0.717) is 28.1 Å². The molecule has 2 rings (SSSR count). The van der Waals surface area contributed by atoms with Gasteiger partial charge >= 0.3 is 0 Å². The molecule has 2 N–H and O–H groups in total. The van der Waals surface area contributed by atoms with Crippen molar-refractivity contribution in [2.75, 3.05) is 6.54 Å². The average Bonchev–Trinajstić information content (AvgIpc) is 2.70. The number of benzene rings is 1. The molecule has 2 atom stereocenters. The Morgan fingerprint density at radius 3 is 2.50 bits per heavy atom. The van der Waals surface area contributed by atoms with E-state index in [0.717, 1.165) is 19.3 Å². The van der Waals surface area contributed by atoms with Gasteiger partial charge in [0.2, 0.25) is 0 Å². The first-order chi connectivity index (χ1) is 8.54. The van der Waals surface area contributed by atoms with Crippen molar-refractivity contribution in [3.8, 4) is 0 Å². The summed E-state index contributed by atoms with van der Waals surface area (Å²) in [5.41, 5.74) is 0.464. The fraction of sp³-hybridized carbons (Fsp3) is 0.462. The first-order valence-corrected chi connectivity index (χ1v) is 6.72. The second-order valence-corrected chi connectivity index (χ2v) is 5.57. The smallest absolute Gasteiger partial charge is 0.251 e. The van der Waals surface area contributed by atoms with Crippen LogP contribution in [0.25, 0.3) is 0 Å². The molecular weight excluding hydrogens is 273 g/mol. The summed E-state index contributed by atoms with van der Waals surface area (Å²) in [6.45, 7) is 0.583. The van der Waals surface area contributed by atoms with E-state index in [1.165, 1.54) is 0 Å². The SMILES string of the molecule is O=C(NCC1CCC(O)C1)c1cc(Cl)cc(Cl)c1. The topological polar surface area (TPSA) is 49.3 Å². The van der Waals surface area contributed by atoms with E-state index in [4.69, 9.17) is 23.2 Å². The van der Waals surface area contributed by atoms with Crippen LogP contribution in [0.4, 0.5) is 0 Å². The Balaban J connectivity index is 1.91. The Hall–Kier alpha value is -0.770. The predicted octanol–water partition coefficient (Wildman–Crippen LogP) is 2.88. The third-order valence-electron chi connectivity index (χ3n) is 3.19. The summed E-state index contributed by atoms with van der Waals surface area (Å²) in [6.07, 6.45) is 2.32. The molecule has 1 aliphatic rings. The number of carbonyl (C=O) groups is 1. The van der Waals surface area contributed by atoms with Crippen molar-refractivity contribution in [2.24, 2.45) is 5.92 Å². The van der Waals surface area contributed by atoms with Gasteiger partial charge in [0.25, 0.3) is 5.91 Å². The monoisotopic (exact) mass is 287 g/mol. The molecule has 1 saturated carbocycles. The molecule has 0 aliphatic heterocycles. The maximum atomic E-state index is 11.9. The molecule has 2 unspecified atom stereocenters. The van der Waals surface area contributed by atoms with E-state index in [9.17, 15) is 9.90 Å². The van der Waals surface area contributed by atoms with Crippen LogP contribution in [0.2, 0.25) is 10.0 Å². The van der Waals surface area contributed by atoms with Crippen molar-refractivity contribution in [3.05, 3.63) is 33.8 Å². The number of aliphatic hydroxyl groups excluding tert-OH is 1. The number of nitrogens with one attached hydrogen (secondary N) is 1. The van der Waals surface area contributed by atoms with Crippen LogP contribution < -0.4 is 5.32 Å². The lowest BCUT2D eigenvalue weighted by molar-refractivity contribution is 0.0945. The van der Waals surface area contributed by atoms with E-state index >= 15 is 0 Å². The van der Waals surface area contributed by atoms with Gasteiger partial charge in [-0.1, -0.05) is 23.2 Å². The molecule has 98 valence electrons. The molecular formula is C13H15Cl2NO2. The highest BCUT2D eigenvalue weighted by Crippen LogP contribution is 2.25. The minimum atomic E-state index is -0.215. The molecule has 1 aromatic carbocycles. The average molecular weight is 288 g/mol. The van der Waals surface area contributed by atoms with Gasteiger partial charge in [0.05, 0.1) is 6.10 Å². The zero-order chi connectivity index (χ0) is 13.1. The maximum Gasteiger partial charge on any atom is 0.251 e. The van der Waals surface area contributed by atoms with Crippen molar-refractivity contribution in [1.82, 2.24) is 5.32 Å². The van der Waals surface area contributed by atoms with Crippen LogP contribution in [0.5, 0.6) is 0 Å². The van der Waals surface area contributed by atoms with Crippen LogP contribution in [0.15, 0.2) is 18.2 Å². The number of hydrogen-bond acceptors (Lipinski definition) is 2. The van der Waals surface area contributed by atoms with Gasteiger partial charge in [-0.05, 0) is 43.4 Å². The minimum absolute atomic E-state index is 0.180. The molecule has 0 bridgehead atoms. The normalized spacial score (nSPS) is 23.1. The zero-order valence-corrected chi connectivity index (χ0v) is 11.3. The molecule has 0 spiro atoms. The highest BCUT2D eigenvalue weighted by atomic mass is 35.5. The van der Waals surface area contributed by atoms with E-state index in [2.05, 4.69) is 5.32 Å². The van der Waals surface area contributed by atoms with E-state index in [-0.39, 0.29) is 12.0 Å². The first kappa shape index (κ1) is 13.7. The molecule has 0 saturated heterocycles. The molecule has 0 heterocycles. The third kappa shape index (κ3) is 3.61. The Bertz CT molecular complexity index is 430. The van der Waals surface area contributed by atoms with Gasteiger partial charge in [0.15, 0.2) is 0 Å². The van der Waals surface area contributed by atoms with Crippen molar-refractivity contribution >= 4 is 29.1 Å². The minimum Gasteiger partial charge on any atom is -0.393 e. The largest absolute Gasteiger partial charge is 0.393 e. The lowest BCUT2D eigenvalue weighted by Gasteiger charge is -2.11. The molecule has 3 nitrogen and oxygen atoms in total. The number of aliphatic hydroxyl groups is 1. The number of rotatable bonds is 3. The first-order valence-electron chi connectivity index (χ1n) is 5.97. The van der Waals surface area contributed by atoms with Gasteiger partial charge in [-0.25, -0.2) is 0 Å². The summed E-state index contributed by atoms with van der Waals surface area (Å²) in [5, 5.41) is 13.2. The highest BCUT2D eigenvalue weighted by molar-refractivity contribution is 6.35. The molecule has 0 aromatic heterocycles. The van der Waals surface area contributed by atoms with Gasteiger partial charge in [0.1, 0.15) is 0 Å². The lowest BCUT2D eigenvalue weighted by atomic mass is 10.1. The second-order valence-electron chi connectivity index (χ2n) is 4.70. The number of hydrogen-bond donors (Lipinski definition) is 2. The van der Waals surface area contributed by atoms with Gasteiger partial charge in [-0.15, -0.1) is 0 Å². The van der Waals surface area contributed by atoms with Crippen LogP contribution in [-0.2, 0) is 0 Å². The Morgan fingerprint density at radius 1 is 1.28 bits per heavy atom. The maximum absolute atomic E-state index is 11.9. The summed E-state index contributed by atoms with van der Waals surface area (Å²) in [5.74, 6) is 0.180. The van der Waals surface area contributed by atoms with Crippen LogP contribution in [0.1, 0.15) is 29.6 Å². The number of amides is 1. The van der Waals surface area contributed by atoms with Crippen LogP contribution in [0, 0.1) is 5.92 Å². The fourth-order valence-electron chi connectivity index (χ4n) is 2.26. The van der Waals surface area contributed by atoms with Crippen molar-refractivity contribution < 1.29 is 9.90 Å². The van der Waals surface area contributed by atoms with Crippen LogP contribution >= 0.6 is 23.2 Å². The Kier molecular flexibility index (Phi) is 4.49. The van der Waals surface area contributed by atoms with Crippen LogP contribution in [-0.4, -0.2) is 23.7 Å². The summed E-state index contributed by atoms with van der Waals surface area (Å²) >= 11 is 11.7. The fourth-order valence-corrected chi connectivity index (χ4v) is 2.78. The highest BCUT2D eigenvalue weighted by Gasteiger charge is 2.23. The second kappa shape index (κ2) is 5.91. The lowest BCUT2D eigenvalue weighted by Crippen LogP contribution is -2.28. The van der Waals surface area contributed by atoms with Crippen molar-refractivity contribution in [2.45, 2.75) is 25.4 Å². The van der Waals surface area contributed by atoms with E-state index in [1.807, 2.05) is 0 Å².